The Hall–Kier alpha value is -0.500. The van der Waals surface area contributed by atoms with E-state index in [0.29, 0.717) is 6.61 Å². The highest BCUT2D eigenvalue weighted by Crippen LogP contribution is 2.72. The molecule has 2 aromatic rings. The lowest BCUT2D eigenvalue weighted by Crippen LogP contribution is -2.09. The van der Waals surface area contributed by atoms with Gasteiger partial charge in [0.25, 0.3) is 0 Å². The Bertz CT molecular complexity index is 839. The molecular formula is C17H21O4PS4. The molecule has 26 heavy (non-hydrogen) atoms. The van der Waals surface area contributed by atoms with E-state index in [-0.39, 0.29) is 10.6 Å². The quantitative estimate of drug-likeness (QED) is 0.329. The van der Waals surface area contributed by atoms with E-state index < -0.39 is 14.8 Å². The summed E-state index contributed by atoms with van der Waals surface area (Å²) in [6.07, 6.45) is 1.04. The second-order valence-electron chi connectivity index (χ2n) is 5.11. The molecule has 4 nitrogen and oxygen atoms in total. The molecule has 0 spiro atoms. The molecule has 1 atom stereocenters. The van der Waals surface area contributed by atoms with E-state index in [1.807, 2.05) is 19.1 Å². The summed E-state index contributed by atoms with van der Waals surface area (Å²) in [6, 6.07) is 15.0. The number of rotatable bonds is 10. The van der Waals surface area contributed by atoms with Gasteiger partial charge < -0.3 is 8.71 Å². The Balaban J connectivity index is 2.09. The molecule has 0 aliphatic carbocycles. The van der Waals surface area contributed by atoms with Crippen molar-refractivity contribution >= 4 is 49.4 Å². The minimum atomic E-state index is -3.83. The highest BCUT2D eigenvalue weighted by Gasteiger charge is 2.20. The standard InChI is InChI=1S/C17H21O4PS4/c1-3-14-24-22(23,20-4-2)25-16-12-10-15(11-13-16)21-26(18,19)17-8-6-5-7-9-17/h5-13H,3-4,14H2,1-2H3. The van der Waals surface area contributed by atoms with E-state index in [9.17, 15) is 8.42 Å². The summed E-state index contributed by atoms with van der Waals surface area (Å²) in [6.45, 7) is 4.64. The monoisotopic (exact) mass is 448 g/mol. The van der Waals surface area contributed by atoms with E-state index in [0.717, 1.165) is 17.1 Å². The first-order valence-corrected chi connectivity index (χ1v) is 15.2. The summed E-state index contributed by atoms with van der Waals surface area (Å²) in [7, 11) is -3.83. The van der Waals surface area contributed by atoms with Gasteiger partial charge in [0.2, 0.25) is 0 Å². The third kappa shape index (κ3) is 6.59. The average Bonchev–Trinajstić information content (AvgIpc) is 2.62. The lowest BCUT2D eigenvalue weighted by Gasteiger charge is -2.20. The van der Waals surface area contributed by atoms with Crippen LogP contribution >= 0.6 is 27.4 Å². The molecule has 0 aromatic heterocycles. The molecular weight excluding hydrogens is 427 g/mol. The molecule has 0 heterocycles. The Morgan fingerprint density at radius 3 is 2.27 bits per heavy atom. The number of hydrogen-bond donors (Lipinski definition) is 0. The minimum Gasteiger partial charge on any atom is -0.379 e. The molecule has 1 unspecified atom stereocenters. The van der Waals surface area contributed by atoms with Crippen molar-refractivity contribution in [2.24, 2.45) is 0 Å². The smallest absolute Gasteiger partial charge is 0.339 e. The van der Waals surface area contributed by atoms with Crippen LogP contribution in [-0.2, 0) is 26.4 Å². The normalized spacial score (nSPS) is 13.9. The second kappa shape index (κ2) is 10.2. The molecule has 0 saturated carbocycles. The van der Waals surface area contributed by atoms with Gasteiger partial charge in [-0.25, -0.2) is 0 Å². The van der Waals surface area contributed by atoms with Crippen LogP contribution < -0.4 is 4.18 Å². The van der Waals surface area contributed by atoms with Crippen molar-refractivity contribution in [3.05, 3.63) is 54.6 Å². The molecule has 9 heteroatoms. The Labute approximate surface area is 168 Å². The summed E-state index contributed by atoms with van der Waals surface area (Å²) in [5.41, 5.74) is 0. The van der Waals surface area contributed by atoms with Crippen LogP contribution in [0, 0.1) is 0 Å². The van der Waals surface area contributed by atoms with Gasteiger partial charge in [0.05, 0.1) is 6.61 Å². The molecule has 2 rings (SSSR count). The maximum absolute atomic E-state index is 12.3. The van der Waals surface area contributed by atoms with Crippen LogP contribution in [0.1, 0.15) is 20.3 Å². The van der Waals surface area contributed by atoms with Crippen molar-refractivity contribution < 1.29 is 17.1 Å². The fourth-order valence-corrected chi connectivity index (χ4v) is 11.5. The molecule has 142 valence electrons. The van der Waals surface area contributed by atoms with Crippen LogP contribution in [0.2, 0.25) is 0 Å². The van der Waals surface area contributed by atoms with Gasteiger partial charge in [0.15, 0.2) is 4.67 Å². The van der Waals surface area contributed by atoms with Gasteiger partial charge in [-0.05, 0) is 61.5 Å². The van der Waals surface area contributed by atoms with Gasteiger partial charge in [-0.2, -0.15) is 8.42 Å². The molecule has 0 radical (unpaired) electrons. The fraction of sp³-hybridized carbons (Fsp3) is 0.294. The average molecular weight is 449 g/mol. The van der Waals surface area contributed by atoms with Gasteiger partial charge in [0, 0.05) is 10.6 Å². The van der Waals surface area contributed by atoms with Crippen molar-refractivity contribution in [2.45, 2.75) is 30.1 Å². The van der Waals surface area contributed by atoms with Crippen molar-refractivity contribution in [1.82, 2.24) is 0 Å². The summed E-state index contributed by atoms with van der Waals surface area (Å²) in [4.78, 5) is 1.07. The Morgan fingerprint density at radius 1 is 1.04 bits per heavy atom. The SMILES string of the molecule is CCCSP(=S)(OCC)Sc1ccc(OS(=O)(=O)c2ccccc2)cc1. The van der Waals surface area contributed by atoms with Crippen LogP contribution in [0.3, 0.4) is 0 Å². The van der Waals surface area contributed by atoms with Crippen molar-refractivity contribution in [3.63, 3.8) is 0 Å². The minimum absolute atomic E-state index is 0.126. The van der Waals surface area contributed by atoms with E-state index in [1.165, 1.54) is 12.1 Å². The summed E-state index contributed by atoms with van der Waals surface area (Å²) < 4.78 is 33.5. The molecule has 0 amide bonds. The maximum Gasteiger partial charge on any atom is 0.339 e. The molecule has 0 N–H and O–H groups in total. The third-order valence-electron chi connectivity index (χ3n) is 3.02. The van der Waals surface area contributed by atoms with Gasteiger partial charge >= 0.3 is 10.1 Å². The van der Waals surface area contributed by atoms with Crippen molar-refractivity contribution in [1.29, 1.82) is 0 Å². The van der Waals surface area contributed by atoms with Crippen LogP contribution in [-0.4, -0.2) is 20.8 Å². The topological polar surface area (TPSA) is 52.6 Å². The summed E-state index contributed by atoms with van der Waals surface area (Å²) >= 11 is 8.96. The van der Waals surface area contributed by atoms with Gasteiger partial charge in [0.1, 0.15) is 10.6 Å². The molecule has 0 aliphatic heterocycles. The lowest BCUT2D eigenvalue weighted by molar-refractivity contribution is 0.393. The number of benzene rings is 2. The zero-order valence-electron chi connectivity index (χ0n) is 14.5. The van der Waals surface area contributed by atoms with Crippen molar-refractivity contribution in [3.8, 4) is 5.75 Å². The predicted octanol–water partition coefficient (Wildman–Crippen LogP) is 5.95. The van der Waals surface area contributed by atoms with Crippen LogP contribution in [0.15, 0.2) is 64.4 Å². The maximum atomic E-state index is 12.3. The highest BCUT2D eigenvalue weighted by molar-refractivity contribution is 8.99. The Kier molecular flexibility index (Phi) is 8.51. The van der Waals surface area contributed by atoms with E-state index in [4.69, 9.17) is 20.5 Å². The predicted molar refractivity (Wildman–Crippen MR) is 115 cm³/mol. The number of hydrogen-bond acceptors (Lipinski definition) is 7. The first-order chi connectivity index (χ1) is 12.4. The van der Waals surface area contributed by atoms with Crippen molar-refractivity contribution in [2.75, 3.05) is 12.4 Å². The molecule has 2 aromatic carbocycles. The second-order valence-corrected chi connectivity index (χ2v) is 17.2. The molecule has 0 fully saturated rings. The van der Waals surface area contributed by atoms with Crippen LogP contribution in [0.4, 0.5) is 0 Å². The molecule has 0 bridgehead atoms. The van der Waals surface area contributed by atoms with Gasteiger partial charge in [-0.3, -0.25) is 0 Å². The molecule has 0 saturated heterocycles. The Morgan fingerprint density at radius 2 is 1.69 bits per heavy atom. The zero-order chi connectivity index (χ0) is 19.0. The van der Waals surface area contributed by atoms with Gasteiger partial charge in [-0.15, -0.1) is 0 Å². The van der Waals surface area contributed by atoms with E-state index in [2.05, 4.69) is 6.92 Å². The zero-order valence-corrected chi connectivity index (χ0v) is 18.7. The fourth-order valence-electron chi connectivity index (χ4n) is 1.90. The first kappa shape index (κ1) is 21.8. The van der Waals surface area contributed by atoms with Crippen LogP contribution in [0.25, 0.3) is 0 Å². The van der Waals surface area contributed by atoms with E-state index in [1.54, 1.807) is 53.1 Å². The summed E-state index contributed by atoms with van der Waals surface area (Å²) in [5, 5.41) is 0. The summed E-state index contributed by atoms with van der Waals surface area (Å²) in [5.74, 6) is 1.23. The van der Waals surface area contributed by atoms with Crippen LogP contribution in [0.5, 0.6) is 5.75 Å². The lowest BCUT2D eigenvalue weighted by atomic mass is 10.3. The third-order valence-corrected chi connectivity index (χ3v) is 13.5. The van der Waals surface area contributed by atoms with Gasteiger partial charge in [-0.1, -0.05) is 47.9 Å². The van der Waals surface area contributed by atoms with E-state index >= 15 is 0 Å². The largest absolute Gasteiger partial charge is 0.379 e. The first-order valence-electron chi connectivity index (χ1n) is 8.07. The highest BCUT2D eigenvalue weighted by atomic mass is 33.2. The molecule has 0 aliphatic rings.